The average Bonchev–Trinajstić information content (AvgIpc) is 2.55. The van der Waals surface area contributed by atoms with Gasteiger partial charge in [0.2, 0.25) is 0 Å². The summed E-state index contributed by atoms with van der Waals surface area (Å²) in [4.78, 5) is 17.5. The standard InChI is InChI=1S/C18H20N2O2/c1-13-5-2-6-14(11-13)15-7-4-10-20(12-15)17-9-3-8-16(19-17)18(21)22/h2-3,5-6,8-9,11,15H,4,7,10,12H2,1H3,(H,21,22)/t15-/m1/s1. The molecule has 0 saturated carbocycles. The van der Waals surface area contributed by atoms with E-state index in [1.807, 2.05) is 6.07 Å². The van der Waals surface area contributed by atoms with E-state index in [1.165, 1.54) is 23.6 Å². The lowest BCUT2D eigenvalue weighted by molar-refractivity contribution is 0.0690. The van der Waals surface area contributed by atoms with Crippen LogP contribution < -0.4 is 4.90 Å². The highest BCUT2D eigenvalue weighted by Gasteiger charge is 2.22. The molecule has 1 N–H and O–H groups in total. The fourth-order valence-electron chi connectivity index (χ4n) is 3.10. The van der Waals surface area contributed by atoms with Gasteiger partial charge in [-0.1, -0.05) is 35.9 Å². The van der Waals surface area contributed by atoms with Crippen LogP contribution in [0.3, 0.4) is 0 Å². The number of aryl methyl sites for hydroxylation is 1. The van der Waals surface area contributed by atoms with Gasteiger partial charge in [0.1, 0.15) is 5.82 Å². The Balaban J connectivity index is 1.81. The van der Waals surface area contributed by atoms with Crippen molar-refractivity contribution < 1.29 is 9.90 Å². The summed E-state index contributed by atoms with van der Waals surface area (Å²) in [5.41, 5.74) is 2.75. The summed E-state index contributed by atoms with van der Waals surface area (Å²) in [6.45, 7) is 3.93. The second kappa shape index (κ2) is 6.18. The highest BCUT2D eigenvalue weighted by molar-refractivity contribution is 5.85. The van der Waals surface area contributed by atoms with Crippen LogP contribution in [-0.2, 0) is 0 Å². The Morgan fingerprint density at radius 2 is 2.09 bits per heavy atom. The molecule has 0 aliphatic carbocycles. The Labute approximate surface area is 130 Å². The summed E-state index contributed by atoms with van der Waals surface area (Å²) in [6.07, 6.45) is 2.26. The maximum absolute atomic E-state index is 11.1. The van der Waals surface area contributed by atoms with E-state index < -0.39 is 5.97 Å². The Bertz CT molecular complexity index is 684. The number of anilines is 1. The molecular weight excluding hydrogens is 276 g/mol. The molecule has 4 nitrogen and oxygen atoms in total. The molecule has 0 bridgehead atoms. The molecule has 0 spiro atoms. The molecule has 0 amide bonds. The topological polar surface area (TPSA) is 53.4 Å². The van der Waals surface area contributed by atoms with Crippen LogP contribution in [0.25, 0.3) is 0 Å². The third kappa shape index (κ3) is 3.11. The zero-order valence-corrected chi connectivity index (χ0v) is 12.7. The molecule has 1 aliphatic rings. The van der Waals surface area contributed by atoms with Crippen LogP contribution in [0.15, 0.2) is 42.5 Å². The number of rotatable bonds is 3. The Hall–Kier alpha value is -2.36. The Kier molecular flexibility index (Phi) is 4.09. The number of carboxylic acids is 1. The van der Waals surface area contributed by atoms with E-state index in [1.54, 1.807) is 6.07 Å². The zero-order chi connectivity index (χ0) is 15.5. The third-order valence-corrected chi connectivity index (χ3v) is 4.21. The molecular formula is C18H20N2O2. The first-order chi connectivity index (χ1) is 10.6. The van der Waals surface area contributed by atoms with Crippen LogP contribution in [0, 0.1) is 6.92 Å². The van der Waals surface area contributed by atoms with Crippen LogP contribution in [0.4, 0.5) is 5.82 Å². The molecule has 1 aromatic heterocycles. The fourth-order valence-corrected chi connectivity index (χ4v) is 3.10. The van der Waals surface area contributed by atoms with Gasteiger partial charge in [0.25, 0.3) is 0 Å². The summed E-state index contributed by atoms with van der Waals surface area (Å²) in [5, 5.41) is 9.09. The van der Waals surface area contributed by atoms with Gasteiger partial charge in [-0.3, -0.25) is 0 Å². The maximum atomic E-state index is 11.1. The van der Waals surface area contributed by atoms with Gasteiger partial charge in [-0.05, 0) is 37.5 Å². The highest BCUT2D eigenvalue weighted by Crippen LogP contribution is 2.29. The second-order valence-corrected chi connectivity index (χ2v) is 5.89. The number of nitrogens with zero attached hydrogens (tertiary/aromatic N) is 2. The van der Waals surface area contributed by atoms with Gasteiger partial charge in [0, 0.05) is 19.0 Å². The number of aromatic nitrogens is 1. The molecule has 3 rings (SSSR count). The lowest BCUT2D eigenvalue weighted by Gasteiger charge is -2.34. The minimum absolute atomic E-state index is 0.107. The lowest BCUT2D eigenvalue weighted by Crippen LogP contribution is -2.35. The molecule has 0 radical (unpaired) electrons. The molecule has 1 saturated heterocycles. The third-order valence-electron chi connectivity index (χ3n) is 4.21. The molecule has 1 fully saturated rings. The lowest BCUT2D eigenvalue weighted by atomic mass is 9.90. The maximum Gasteiger partial charge on any atom is 0.354 e. The summed E-state index contributed by atoms with van der Waals surface area (Å²) >= 11 is 0. The number of benzene rings is 1. The van der Waals surface area contributed by atoms with E-state index in [-0.39, 0.29) is 5.69 Å². The van der Waals surface area contributed by atoms with E-state index in [9.17, 15) is 4.79 Å². The second-order valence-electron chi connectivity index (χ2n) is 5.89. The molecule has 22 heavy (non-hydrogen) atoms. The van der Waals surface area contributed by atoms with Crippen molar-refractivity contribution in [3.8, 4) is 0 Å². The molecule has 4 heteroatoms. The van der Waals surface area contributed by atoms with E-state index in [0.29, 0.717) is 5.92 Å². The predicted octanol–water partition coefficient (Wildman–Crippen LogP) is 3.47. The quantitative estimate of drug-likeness (QED) is 0.942. The van der Waals surface area contributed by atoms with Crippen LogP contribution in [0.1, 0.15) is 40.4 Å². The summed E-state index contributed by atoms with van der Waals surface area (Å²) in [7, 11) is 0. The van der Waals surface area contributed by atoms with Gasteiger partial charge in [-0.2, -0.15) is 0 Å². The molecule has 1 aromatic carbocycles. The van der Waals surface area contributed by atoms with Crippen LogP contribution in [0.2, 0.25) is 0 Å². The predicted molar refractivity (Wildman–Crippen MR) is 86.6 cm³/mol. The van der Waals surface area contributed by atoms with Crippen LogP contribution >= 0.6 is 0 Å². The molecule has 2 aromatic rings. The van der Waals surface area contributed by atoms with Crippen molar-refractivity contribution in [2.24, 2.45) is 0 Å². The summed E-state index contributed by atoms with van der Waals surface area (Å²) in [5.74, 6) is 0.260. The first-order valence-corrected chi connectivity index (χ1v) is 7.65. The monoisotopic (exact) mass is 296 g/mol. The number of carboxylic acid groups (broad SMARTS) is 1. The van der Waals surface area contributed by atoms with Crippen molar-refractivity contribution in [1.29, 1.82) is 0 Å². The number of carbonyl (C=O) groups is 1. The smallest absolute Gasteiger partial charge is 0.354 e. The Morgan fingerprint density at radius 1 is 1.27 bits per heavy atom. The zero-order valence-electron chi connectivity index (χ0n) is 12.7. The summed E-state index contributed by atoms with van der Waals surface area (Å²) in [6, 6.07) is 13.8. The van der Waals surface area contributed by atoms with Gasteiger partial charge >= 0.3 is 5.97 Å². The van der Waals surface area contributed by atoms with Crippen molar-refractivity contribution >= 4 is 11.8 Å². The number of piperidine rings is 1. The summed E-state index contributed by atoms with van der Waals surface area (Å²) < 4.78 is 0. The van der Waals surface area contributed by atoms with Crippen molar-refractivity contribution in [3.05, 3.63) is 59.3 Å². The van der Waals surface area contributed by atoms with E-state index in [0.717, 1.165) is 25.3 Å². The van der Waals surface area contributed by atoms with E-state index >= 15 is 0 Å². The average molecular weight is 296 g/mol. The molecule has 1 aliphatic heterocycles. The van der Waals surface area contributed by atoms with Gasteiger partial charge < -0.3 is 10.0 Å². The van der Waals surface area contributed by atoms with E-state index in [4.69, 9.17) is 5.11 Å². The highest BCUT2D eigenvalue weighted by atomic mass is 16.4. The SMILES string of the molecule is Cc1cccc([C@@H]2CCCN(c3cccc(C(=O)O)n3)C2)c1. The van der Waals surface area contributed by atoms with E-state index in [2.05, 4.69) is 41.1 Å². The Morgan fingerprint density at radius 3 is 2.86 bits per heavy atom. The van der Waals surface area contributed by atoms with Gasteiger partial charge in [-0.25, -0.2) is 9.78 Å². The molecule has 2 heterocycles. The molecule has 0 unspecified atom stereocenters. The minimum atomic E-state index is -0.978. The van der Waals surface area contributed by atoms with Crippen LogP contribution in [-0.4, -0.2) is 29.1 Å². The van der Waals surface area contributed by atoms with Gasteiger partial charge in [-0.15, -0.1) is 0 Å². The fraction of sp³-hybridized carbons (Fsp3) is 0.333. The first kappa shape index (κ1) is 14.6. The molecule has 114 valence electrons. The van der Waals surface area contributed by atoms with Crippen molar-refractivity contribution in [2.45, 2.75) is 25.7 Å². The number of hydrogen-bond donors (Lipinski definition) is 1. The minimum Gasteiger partial charge on any atom is -0.477 e. The van der Waals surface area contributed by atoms with Crippen molar-refractivity contribution in [2.75, 3.05) is 18.0 Å². The number of aromatic carboxylic acids is 1. The number of hydrogen-bond acceptors (Lipinski definition) is 3. The van der Waals surface area contributed by atoms with Gasteiger partial charge in [0.05, 0.1) is 0 Å². The number of pyridine rings is 1. The van der Waals surface area contributed by atoms with Crippen LogP contribution in [0.5, 0.6) is 0 Å². The molecule has 1 atom stereocenters. The van der Waals surface area contributed by atoms with Crippen molar-refractivity contribution in [1.82, 2.24) is 4.98 Å². The first-order valence-electron chi connectivity index (χ1n) is 7.65. The van der Waals surface area contributed by atoms with Gasteiger partial charge in [0.15, 0.2) is 5.69 Å². The van der Waals surface area contributed by atoms with Crippen molar-refractivity contribution in [3.63, 3.8) is 0 Å². The largest absolute Gasteiger partial charge is 0.477 e. The normalized spacial score (nSPS) is 18.2.